The van der Waals surface area contributed by atoms with Crippen molar-refractivity contribution in [3.8, 4) is 0 Å². The molecule has 0 saturated carbocycles. The van der Waals surface area contributed by atoms with Gasteiger partial charge in [-0.15, -0.1) is 0 Å². The van der Waals surface area contributed by atoms with Crippen molar-refractivity contribution in [3.05, 3.63) is 36.2 Å². The molecule has 0 atom stereocenters. The molecule has 0 saturated heterocycles. The number of nitrogens with two attached hydrogens (primary N) is 1. The average molecular weight is 310 g/mol. The summed E-state index contributed by atoms with van der Waals surface area (Å²) in [4.78, 5) is 0.129. The van der Waals surface area contributed by atoms with Crippen molar-refractivity contribution in [3.63, 3.8) is 0 Å². The number of aryl methyl sites for hydroxylation is 1. The lowest BCUT2D eigenvalue weighted by molar-refractivity contribution is 0.183. The van der Waals surface area contributed by atoms with Crippen LogP contribution in [0.15, 0.2) is 35.5 Å². The number of ether oxygens (including phenoxy) is 1. The third-order valence-electron chi connectivity index (χ3n) is 2.79. The molecule has 0 aliphatic heterocycles. The Bertz CT molecular complexity index is 705. The van der Waals surface area contributed by atoms with E-state index in [1.165, 1.54) is 12.3 Å². The van der Waals surface area contributed by atoms with Crippen LogP contribution >= 0.6 is 0 Å². The molecule has 7 nitrogen and oxygen atoms in total. The number of nitrogens with one attached hydrogen (secondary N) is 1. The number of benzene rings is 1. The van der Waals surface area contributed by atoms with Gasteiger partial charge in [0.15, 0.2) is 0 Å². The zero-order valence-corrected chi connectivity index (χ0v) is 12.7. The van der Waals surface area contributed by atoms with Gasteiger partial charge in [-0.05, 0) is 30.7 Å². The van der Waals surface area contributed by atoms with E-state index in [0.29, 0.717) is 24.5 Å². The predicted octanol–water partition coefficient (Wildman–Crippen LogP) is 1.22. The molecule has 1 aromatic carbocycles. The summed E-state index contributed by atoms with van der Waals surface area (Å²) in [6, 6.07) is 4.69. The lowest BCUT2D eigenvalue weighted by Gasteiger charge is -2.07. The van der Waals surface area contributed by atoms with Gasteiger partial charge in [-0.3, -0.25) is 9.40 Å². The van der Waals surface area contributed by atoms with E-state index in [1.807, 2.05) is 0 Å². The van der Waals surface area contributed by atoms with Gasteiger partial charge in [-0.25, -0.2) is 8.42 Å². The first-order valence-corrected chi connectivity index (χ1v) is 7.80. The van der Waals surface area contributed by atoms with E-state index in [4.69, 9.17) is 10.5 Å². The molecule has 0 spiro atoms. The molecule has 1 aromatic heterocycles. The van der Waals surface area contributed by atoms with E-state index in [2.05, 4.69) is 9.82 Å². The topological polar surface area (TPSA) is 99.2 Å². The van der Waals surface area contributed by atoms with Gasteiger partial charge >= 0.3 is 0 Å². The Morgan fingerprint density at radius 1 is 1.38 bits per heavy atom. The fraction of sp³-hybridized carbons (Fsp3) is 0.308. The molecule has 0 aliphatic rings. The summed E-state index contributed by atoms with van der Waals surface area (Å²) >= 11 is 0. The Labute approximate surface area is 123 Å². The molecule has 0 unspecified atom stereocenters. The molecule has 0 bridgehead atoms. The quantitative estimate of drug-likeness (QED) is 0.782. The van der Waals surface area contributed by atoms with Gasteiger partial charge in [0, 0.05) is 19.0 Å². The summed E-state index contributed by atoms with van der Waals surface area (Å²) in [6.45, 7) is 2.84. The van der Waals surface area contributed by atoms with Gasteiger partial charge in [-0.2, -0.15) is 5.10 Å². The Morgan fingerprint density at radius 2 is 2.14 bits per heavy atom. The van der Waals surface area contributed by atoms with Crippen LogP contribution in [0.5, 0.6) is 0 Å². The summed E-state index contributed by atoms with van der Waals surface area (Å²) < 4.78 is 33.6. The second-order valence-electron chi connectivity index (χ2n) is 4.67. The zero-order chi connectivity index (χ0) is 15.5. The van der Waals surface area contributed by atoms with Crippen LogP contribution in [0.4, 0.5) is 11.4 Å². The van der Waals surface area contributed by atoms with Crippen LogP contribution in [0.25, 0.3) is 0 Å². The van der Waals surface area contributed by atoms with E-state index in [1.54, 1.807) is 37.0 Å². The molecule has 114 valence electrons. The predicted molar refractivity (Wildman–Crippen MR) is 80.5 cm³/mol. The first kappa shape index (κ1) is 15.3. The van der Waals surface area contributed by atoms with Crippen LogP contribution in [0.1, 0.15) is 5.56 Å². The van der Waals surface area contributed by atoms with Gasteiger partial charge in [0.05, 0.1) is 29.9 Å². The lowest BCUT2D eigenvalue weighted by Crippen LogP contribution is -2.13. The summed E-state index contributed by atoms with van der Waals surface area (Å²) in [5, 5.41) is 4.05. The highest BCUT2D eigenvalue weighted by Gasteiger charge is 2.16. The van der Waals surface area contributed by atoms with Crippen LogP contribution in [-0.2, 0) is 21.3 Å². The fourth-order valence-electron chi connectivity index (χ4n) is 1.87. The minimum atomic E-state index is -3.68. The van der Waals surface area contributed by atoms with E-state index in [9.17, 15) is 8.42 Å². The van der Waals surface area contributed by atoms with Crippen LogP contribution < -0.4 is 10.5 Å². The molecule has 0 radical (unpaired) electrons. The Hall–Kier alpha value is -2.06. The summed E-state index contributed by atoms with van der Waals surface area (Å²) in [7, 11) is -2.09. The van der Waals surface area contributed by atoms with Gasteiger partial charge in [0.1, 0.15) is 0 Å². The number of hydrogen-bond acceptors (Lipinski definition) is 5. The van der Waals surface area contributed by atoms with Gasteiger partial charge < -0.3 is 10.5 Å². The van der Waals surface area contributed by atoms with E-state index < -0.39 is 10.0 Å². The molecular weight excluding hydrogens is 292 g/mol. The van der Waals surface area contributed by atoms with Crippen molar-refractivity contribution < 1.29 is 13.2 Å². The maximum absolute atomic E-state index is 12.3. The molecule has 1 heterocycles. The van der Waals surface area contributed by atoms with E-state index >= 15 is 0 Å². The maximum atomic E-state index is 12.3. The molecule has 3 N–H and O–H groups in total. The molecule has 21 heavy (non-hydrogen) atoms. The number of rotatable bonds is 6. The molecule has 0 amide bonds. The average Bonchev–Trinajstić information content (AvgIpc) is 2.82. The Kier molecular flexibility index (Phi) is 4.49. The minimum absolute atomic E-state index is 0.129. The van der Waals surface area contributed by atoms with Gasteiger partial charge in [0.25, 0.3) is 10.0 Å². The number of hydrogen-bond donors (Lipinski definition) is 2. The molecular formula is C13H18N4O3S. The number of nitrogen functional groups attached to an aromatic ring is 1. The first-order valence-electron chi connectivity index (χ1n) is 6.32. The number of methoxy groups -OCH3 is 1. The Balaban J connectivity index is 2.19. The SMILES string of the molecule is COCCn1cc(NS(=O)(=O)c2cc(C)cc(N)c2)cn1. The summed E-state index contributed by atoms with van der Waals surface area (Å²) in [5.74, 6) is 0. The second kappa shape index (κ2) is 6.15. The van der Waals surface area contributed by atoms with Gasteiger partial charge in [-0.1, -0.05) is 0 Å². The minimum Gasteiger partial charge on any atom is -0.399 e. The zero-order valence-electron chi connectivity index (χ0n) is 11.9. The third kappa shape index (κ3) is 3.96. The van der Waals surface area contributed by atoms with E-state index in [-0.39, 0.29) is 4.90 Å². The van der Waals surface area contributed by atoms with Crippen LogP contribution in [0, 0.1) is 6.92 Å². The number of sulfonamides is 1. The van der Waals surface area contributed by atoms with Crippen molar-refractivity contribution >= 4 is 21.4 Å². The fourth-order valence-corrected chi connectivity index (χ4v) is 3.03. The highest BCUT2D eigenvalue weighted by atomic mass is 32.2. The number of aromatic nitrogens is 2. The number of nitrogens with zero attached hydrogens (tertiary/aromatic N) is 2. The lowest BCUT2D eigenvalue weighted by atomic mass is 10.2. The number of anilines is 2. The van der Waals surface area contributed by atoms with Crippen molar-refractivity contribution in [1.82, 2.24) is 9.78 Å². The first-order chi connectivity index (χ1) is 9.90. The van der Waals surface area contributed by atoms with Crippen LogP contribution in [0.3, 0.4) is 0 Å². The van der Waals surface area contributed by atoms with Crippen molar-refractivity contribution in [2.75, 3.05) is 24.2 Å². The molecule has 0 aliphatic carbocycles. The van der Waals surface area contributed by atoms with Crippen LogP contribution in [0.2, 0.25) is 0 Å². The smallest absolute Gasteiger partial charge is 0.262 e. The normalized spacial score (nSPS) is 11.5. The highest BCUT2D eigenvalue weighted by molar-refractivity contribution is 7.92. The summed E-state index contributed by atoms with van der Waals surface area (Å²) in [5.41, 5.74) is 7.27. The molecule has 2 rings (SSSR count). The maximum Gasteiger partial charge on any atom is 0.262 e. The van der Waals surface area contributed by atoms with Crippen LogP contribution in [-0.4, -0.2) is 31.9 Å². The highest BCUT2D eigenvalue weighted by Crippen LogP contribution is 2.19. The molecule has 8 heteroatoms. The van der Waals surface area contributed by atoms with Crippen molar-refractivity contribution in [1.29, 1.82) is 0 Å². The summed E-state index contributed by atoms with van der Waals surface area (Å²) in [6.07, 6.45) is 3.06. The largest absolute Gasteiger partial charge is 0.399 e. The van der Waals surface area contributed by atoms with Crippen molar-refractivity contribution in [2.24, 2.45) is 0 Å². The standard InChI is InChI=1S/C13H18N4O3S/c1-10-5-11(14)7-13(6-10)21(18,19)16-12-8-15-17(9-12)3-4-20-2/h5-9,16H,3-4,14H2,1-2H3. The van der Waals surface area contributed by atoms with Gasteiger partial charge in [0.2, 0.25) is 0 Å². The van der Waals surface area contributed by atoms with E-state index in [0.717, 1.165) is 5.56 Å². The molecule has 2 aromatic rings. The Morgan fingerprint density at radius 3 is 2.81 bits per heavy atom. The molecule has 0 fully saturated rings. The second-order valence-corrected chi connectivity index (χ2v) is 6.35. The van der Waals surface area contributed by atoms with Crippen molar-refractivity contribution in [2.45, 2.75) is 18.4 Å². The monoisotopic (exact) mass is 310 g/mol. The third-order valence-corrected chi connectivity index (χ3v) is 4.15.